The van der Waals surface area contributed by atoms with E-state index < -0.39 is 0 Å². The van der Waals surface area contributed by atoms with Gasteiger partial charge in [-0.1, -0.05) is 13.8 Å². The van der Waals surface area contributed by atoms with Crippen molar-refractivity contribution in [3.63, 3.8) is 0 Å². The van der Waals surface area contributed by atoms with Gasteiger partial charge < -0.3 is 9.73 Å². The molecule has 0 spiro atoms. The molecule has 0 bridgehead atoms. The Morgan fingerprint density at radius 1 is 1.44 bits per heavy atom. The standard InChI is InChI=1S/C13H24N2O/c1-4-14-9-8-12(3)15(5-2)11-13-7-6-10-16-13/h6-7,10,12,14H,4-5,8-9,11H2,1-3H3. The fraction of sp³-hybridized carbons (Fsp3) is 0.692. The van der Waals surface area contributed by atoms with Gasteiger partial charge in [-0.25, -0.2) is 0 Å². The summed E-state index contributed by atoms with van der Waals surface area (Å²) < 4.78 is 5.38. The van der Waals surface area contributed by atoms with Gasteiger partial charge in [0.15, 0.2) is 0 Å². The summed E-state index contributed by atoms with van der Waals surface area (Å²) in [6, 6.07) is 4.58. The average molecular weight is 224 g/mol. The van der Waals surface area contributed by atoms with Gasteiger partial charge in [0.1, 0.15) is 5.76 Å². The van der Waals surface area contributed by atoms with Gasteiger partial charge >= 0.3 is 0 Å². The van der Waals surface area contributed by atoms with Gasteiger partial charge in [0.05, 0.1) is 12.8 Å². The smallest absolute Gasteiger partial charge is 0.117 e. The lowest BCUT2D eigenvalue weighted by molar-refractivity contribution is 0.186. The highest BCUT2D eigenvalue weighted by molar-refractivity contribution is 4.98. The van der Waals surface area contributed by atoms with Gasteiger partial charge in [-0.3, -0.25) is 4.90 Å². The third-order valence-electron chi connectivity index (χ3n) is 2.96. The van der Waals surface area contributed by atoms with Crippen LogP contribution in [0.1, 0.15) is 33.0 Å². The van der Waals surface area contributed by atoms with Crippen LogP contribution >= 0.6 is 0 Å². The van der Waals surface area contributed by atoms with Crippen molar-refractivity contribution in [2.24, 2.45) is 0 Å². The Morgan fingerprint density at radius 3 is 2.81 bits per heavy atom. The van der Waals surface area contributed by atoms with E-state index in [0.29, 0.717) is 6.04 Å². The Hall–Kier alpha value is -0.800. The van der Waals surface area contributed by atoms with Crippen LogP contribution < -0.4 is 5.32 Å². The van der Waals surface area contributed by atoms with Crippen molar-refractivity contribution >= 4 is 0 Å². The lowest BCUT2D eigenvalue weighted by Crippen LogP contribution is -2.34. The number of furan rings is 1. The minimum Gasteiger partial charge on any atom is -0.468 e. The molecule has 0 saturated heterocycles. The Kier molecular flexibility index (Phi) is 6.19. The molecule has 16 heavy (non-hydrogen) atoms. The van der Waals surface area contributed by atoms with Gasteiger partial charge in [-0.15, -0.1) is 0 Å². The molecule has 1 heterocycles. The molecule has 0 aliphatic carbocycles. The molecule has 1 rings (SSSR count). The third-order valence-corrected chi connectivity index (χ3v) is 2.96. The largest absolute Gasteiger partial charge is 0.468 e. The van der Waals surface area contributed by atoms with E-state index in [-0.39, 0.29) is 0 Å². The summed E-state index contributed by atoms with van der Waals surface area (Å²) in [6.07, 6.45) is 2.93. The highest BCUT2D eigenvalue weighted by Gasteiger charge is 2.12. The zero-order valence-electron chi connectivity index (χ0n) is 10.7. The van der Waals surface area contributed by atoms with E-state index in [9.17, 15) is 0 Å². The highest BCUT2D eigenvalue weighted by atomic mass is 16.3. The van der Waals surface area contributed by atoms with Gasteiger partial charge in [0.25, 0.3) is 0 Å². The zero-order chi connectivity index (χ0) is 11.8. The Balaban J connectivity index is 2.34. The van der Waals surface area contributed by atoms with E-state index in [4.69, 9.17) is 4.42 Å². The molecule has 0 aromatic carbocycles. The number of hydrogen-bond donors (Lipinski definition) is 1. The molecule has 0 aliphatic heterocycles. The van der Waals surface area contributed by atoms with Crippen LogP contribution in [0.25, 0.3) is 0 Å². The number of rotatable bonds is 8. The van der Waals surface area contributed by atoms with Gasteiger partial charge in [-0.05, 0) is 45.1 Å². The van der Waals surface area contributed by atoms with Crippen molar-refractivity contribution in [1.29, 1.82) is 0 Å². The lowest BCUT2D eigenvalue weighted by Gasteiger charge is -2.27. The molecular formula is C13H24N2O. The molecular weight excluding hydrogens is 200 g/mol. The van der Waals surface area contributed by atoms with Crippen LogP contribution in [0.2, 0.25) is 0 Å². The third kappa shape index (κ3) is 4.37. The number of hydrogen-bond acceptors (Lipinski definition) is 3. The van der Waals surface area contributed by atoms with E-state index >= 15 is 0 Å². The molecule has 1 aromatic heterocycles. The quantitative estimate of drug-likeness (QED) is 0.688. The van der Waals surface area contributed by atoms with Crippen LogP contribution in [-0.4, -0.2) is 30.6 Å². The molecule has 0 saturated carbocycles. The highest BCUT2D eigenvalue weighted by Crippen LogP contribution is 2.10. The fourth-order valence-corrected chi connectivity index (χ4v) is 1.85. The molecule has 1 unspecified atom stereocenters. The lowest BCUT2D eigenvalue weighted by atomic mass is 10.2. The van der Waals surface area contributed by atoms with E-state index in [2.05, 4.69) is 31.0 Å². The first-order chi connectivity index (χ1) is 7.77. The second kappa shape index (κ2) is 7.47. The number of nitrogens with one attached hydrogen (secondary N) is 1. The van der Waals surface area contributed by atoms with Crippen LogP contribution in [-0.2, 0) is 6.54 Å². The van der Waals surface area contributed by atoms with Gasteiger partial charge in [-0.2, -0.15) is 0 Å². The first kappa shape index (κ1) is 13.3. The maximum atomic E-state index is 5.38. The summed E-state index contributed by atoms with van der Waals surface area (Å²) in [4.78, 5) is 2.44. The molecule has 0 aliphatic rings. The summed E-state index contributed by atoms with van der Waals surface area (Å²) in [5, 5.41) is 3.37. The summed E-state index contributed by atoms with van der Waals surface area (Å²) in [7, 11) is 0. The Labute approximate surface area is 98.8 Å². The zero-order valence-corrected chi connectivity index (χ0v) is 10.7. The summed E-state index contributed by atoms with van der Waals surface area (Å²) in [5.74, 6) is 1.05. The molecule has 0 amide bonds. The van der Waals surface area contributed by atoms with Crippen molar-refractivity contribution in [2.45, 2.75) is 39.8 Å². The first-order valence-corrected chi connectivity index (χ1v) is 6.25. The monoisotopic (exact) mass is 224 g/mol. The van der Waals surface area contributed by atoms with Crippen LogP contribution in [0.4, 0.5) is 0 Å². The molecule has 1 N–H and O–H groups in total. The minimum atomic E-state index is 0.592. The predicted molar refractivity (Wildman–Crippen MR) is 67.4 cm³/mol. The van der Waals surface area contributed by atoms with Crippen LogP contribution in [0.3, 0.4) is 0 Å². The van der Waals surface area contributed by atoms with Crippen LogP contribution in [0.5, 0.6) is 0 Å². The molecule has 3 nitrogen and oxygen atoms in total. The SMILES string of the molecule is CCNCCC(C)N(CC)Cc1ccco1. The van der Waals surface area contributed by atoms with E-state index in [1.807, 2.05) is 12.1 Å². The summed E-state index contributed by atoms with van der Waals surface area (Å²) >= 11 is 0. The second-order valence-corrected chi connectivity index (χ2v) is 4.13. The van der Waals surface area contributed by atoms with Crippen molar-refractivity contribution in [3.8, 4) is 0 Å². The molecule has 1 atom stereocenters. The van der Waals surface area contributed by atoms with E-state index in [1.54, 1.807) is 6.26 Å². The van der Waals surface area contributed by atoms with Crippen LogP contribution in [0, 0.1) is 0 Å². The number of nitrogens with zero attached hydrogens (tertiary/aromatic N) is 1. The normalized spacial score (nSPS) is 13.2. The van der Waals surface area contributed by atoms with Crippen LogP contribution in [0.15, 0.2) is 22.8 Å². The first-order valence-electron chi connectivity index (χ1n) is 6.25. The van der Waals surface area contributed by atoms with E-state index in [1.165, 1.54) is 6.42 Å². The molecule has 0 fully saturated rings. The van der Waals surface area contributed by atoms with Crippen molar-refractivity contribution < 1.29 is 4.42 Å². The van der Waals surface area contributed by atoms with Crippen molar-refractivity contribution in [3.05, 3.63) is 24.2 Å². The average Bonchev–Trinajstić information content (AvgIpc) is 2.78. The predicted octanol–water partition coefficient (Wildman–Crippen LogP) is 2.49. The van der Waals surface area contributed by atoms with Gasteiger partial charge in [0.2, 0.25) is 0 Å². The topological polar surface area (TPSA) is 28.4 Å². The molecule has 3 heteroatoms. The molecule has 0 radical (unpaired) electrons. The maximum absolute atomic E-state index is 5.38. The Bertz CT molecular complexity index is 259. The van der Waals surface area contributed by atoms with E-state index in [0.717, 1.165) is 31.9 Å². The van der Waals surface area contributed by atoms with Crippen molar-refractivity contribution in [1.82, 2.24) is 10.2 Å². The minimum absolute atomic E-state index is 0.592. The second-order valence-electron chi connectivity index (χ2n) is 4.13. The summed E-state index contributed by atoms with van der Waals surface area (Å²) in [5.41, 5.74) is 0. The Morgan fingerprint density at radius 2 is 2.25 bits per heavy atom. The molecule has 1 aromatic rings. The fourth-order valence-electron chi connectivity index (χ4n) is 1.85. The van der Waals surface area contributed by atoms with Crippen molar-refractivity contribution in [2.75, 3.05) is 19.6 Å². The van der Waals surface area contributed by atoms with Gasteiger partial charge in [0, 0.05) is 6.04 Å². The molecule has 92 valence electrons. The maximum Gasteiger partial charge on any atom is 0.117 e. The summed E-state index contributed by atoms with van der Waals surface area (Å²) in [6.45, 7) is 10.7.